The van der Waals surface area contributed by atoms with Crippen LogP contribution in [0.1, 0.15) is 24.5 Å². The van der Waals surface area contributed by atoms with Gasteiger partial charge in [0.05, 0.1) is 12.7 Å². The Morgan fingerprint density at radius 1 is 1.39 bits per heavy atom. The molecular formula is C18H23BN2O2. The van der Waals surface area contributed by atoms with Crippen molar-refractivity contribution in [1.29, 1.82) is 5.26 Å². The van der Waals surface area contributed by atoms with Crippen molar-refractivity contribution in [1.82, 2.24) is 0 Å². The van der Waals surface area contributed by atoms with Gasteiger partial charge in [0.2, 0.25) is 0 Å². The first-order chi connectivity index (χ1) is 11.1. The standard InChI is InChI=1S/C18H23BN2O2/c1-4-16(18(22)23-3)17-7-6-15(12-14(17)2)21-10-5-8-19(13-20)9-11-21/h4,6-7,12H,5,8-11H2,1-3H3/b16-4+. The van der Waals surface area contributed by atoms with Crippen molar-refractivity contribution in [2.75, 3.05) is 25.1 Å². The summed E-state index contributed by atoms with van der Waals surface area (Å²) in [5.41, 5.74) is 3.72. The van der Waals surface area contributed by atoms with Gasteiger partial charge in [-0.2, -0.15) is 0 Å². The lowest BCUT2D eigenvalue weighted by atomic mass is 9.46. The molecule has 1 aromatic carbocycles. The number of carbonyl (C=O) groups is 1. The second-order valence-electron chi connectivity index (χ2n) is 5.94. The van der Waals surface area contributed by atoms with Gasteiger partial charge in [-0.15, -0.1) is 0 Å². The molecule has 23 heavy (non-hydrogen) atoms. The van der Waals surface area contributed by atoms with Crippen LogP contribution in [0.15, 0.2) is 24.3 Å². The maximum absolute atomic E-state index is 11.9. The van der Waals surface area contributed by atoms with E-state index in [0.717, 1.165) is 49.0 Å². The summed E-state index contributed by atoms with van der Waals surface area (Å²) in [6, 6.07) is 6.17. The lowest BCUT2D eigenvalue weighted by Gasteiger charge is -2.24. The Bertz CT molecular complexity index is 649. The maximum Gasteiger partial charge on any atom is 0.338 e. The fourth-order valence-electron chi connectivity index (χ4n) is 3.12. The summed E-state index contributed by atoms with van der Waals surface area (Å²) >= 11 is 0. The van der Waals surface area contributed by atoms with E-state index in [2.05, 4.69) is 23.0 Å². The molecule has 1 aliphatic rings. The molecule has 0 saturated carbocycles. The number of aryl methyl sites for hydroxylation is 1. The number of ether oxygens (including phenoxy) is 1. The summed E-state index contributed by atoms with van der Waals surface area (Å²) in [5.74, 6) is 2.08. The number of hydrogen-bond acceptors (Lipinski definition) is 4. The number of nitriles is 1. The number of nitrogens with zero attached hydrogens (tertiary/aromatic N) is 2. The van der Waals surface area contributed by atoms with Crippen LogP contribution in [0.3, 0.4) is 0 Å². The van der Waals surface area contributed by atoms with Crippen LogP contribution in [0.25, 0.3) is 5.57 Å². The van der Waals surface area contributed by atoms with Gasteiger partial charge in [0.25, 0.3) is 6.71 Å². The summed E-state index contributed by atoms with van der Waals surface area (Å²) in [6.07, 6.45) is 4.73. The van der Waals surface area contributed by atoms with Gasteiger partial charge in [-0.3, -0.25) is 0 Å². The van der Waals surface area contributed by atoms with Crippen molar-refractivity contribution < 1.29 is 9.53 Å². The predicted molar refractivity (Wildman–Crippen MR) is 94.7 cm³/mol. The van der Waals surface area contributed by atoms with Gasteiger partial charge in [-0.1, -0.05) is 18.5 Å². The first-order valence-corrected chi connectivity index (χ1v) is 8.11. The minimum atomic E-state index is -0.310. The molecule has 0 unspecified atom stereocenters. The lowest BCUT2D eigenvalue weighted by molar-refractivity contribution is -0.133. The minimum Gasteiger partial charge on any atom is -0.465 e. The average molecular weight is 310 g/mol. The Balaban J connectivity index is 2.22. The molecule has 0 radical (unpaired) electrons. The topological polar surface area (TPSA) is 53.3 Å². The second kappa shape index (κ2) is 7.87. The van der Waals surface area contributed by atoms with E-state index in [1.54, 1.807) is 6.08 Å². The Morgan fingerprint density at radius 2 is 2.17 bits per heavy atom. The normalized spacial score (nSPS) is 15.8. The molecule has 1 heterocycles. The number of hydrogen-bond donors (Lipinski definition) is 0. The average Bonchev–Trinajstić information content (AvgIpc) is 2.82. The smallest absolute Gasteiger partial charge is 0.338 e. The molecule has 0 amide bonds. The third kappa shape index (κ3) is 3.95. The molecule has 0 aromatic heterocycles. The first-order valence-electron chi connectivity index (χ1n) is 8.11. The quantitative estimate of drug-likeness (QED) is 0.488. The van der Waals surface area contributed by atoms with Gasteiger partial charge in [0, 0.05) is 24.7 Å². The van der Waals surface area contributed by atoms with Crippen molar-refractivity contribution in [3.8, 4) is 5.97 Å². The number of rotatable bonds is 3. The number of allylic oxidation sites excluding steroid dienone is 1. The van der Waals surface area contributed by atoms with E-state index in [4.69, 9.17) is 10.00 Å². The summed E-state index contributed by atoms with van der Waals surface area (Å²) in [4.78, 5) is 14.2. The minimum absolute atomic E-state index is 0.175. The second-order valence-corrected chi connectivity index (χ2v) is 5.94. The zero-order chi connectivity index (χ0) is 16.8. The first kappa shape index (κ1) is 17.1. The van der Waals surface area contributed by atoms with E-state index < -0.39 is 0 Å². The summed E-state index contributed by atoms with van der Waals surface area (Å²) < 4.78 is 4.85. The molecular weight excluding hydrogens is 287 g/mol. The van der Waals surface area contributed by atoms with Crippen molar-refractivity contribution in [3.05, 3.63) is 35.4 Å². The van der Waals surface area contributed by atoms with Crippen LogP contribution in [-0.4, -0.2) is 32.9 Å². The van der Waals surface area contributed by atoms with Crippen LogP contribution in [0.2, 0.25) is 12.6 Å². The Morgan fingerprint density at radius 3 is 2.78 bits per heavy atom. The van der Waals surface area contributed by atoms with Gasteiger partial charge >= 0.3 is 5.97 Å². The van der Waals surface area contributed by atoms with E-state index in [9.17, 15) is 4.79 Å². The number of anilines is 1. The number of esters is 1. The monoisotopic (exact) mass is 310 g/mol. The fourth-order valence-corrected chi connectivity index (χ4v) is 3.12. The highest BCUT2D eigenvalue weighted by atomic mass is 16.5. The van der Waals surface area contributed by atoms with Crippen molar-refractivity contribution in [2.24, 2.45) is 0 Å². The zero-order valence-electron chi connectivity index (χ0n) is 14.1. The number of benzene rings is 1. The summed E-state index contributed by atoms with van der Waals surface area (Å²) in [5, 5.41) is 9.10. The van der Waals surface area contributed by atoms with Crippen molar-refractivity contribution in [3.63, 3.8) is 0 Å². The highest BCUT2D eigenvalue weighted by molar-refractivity contribution is 6.67. The molecule has 4 nitrogen and oxygen atoms in total. The maximum atomic E-state index is 11.9. The third-order valence-electron chi connectivity index (χ3n) is 4.47. The molecule has 2 rings (SSSR count). The highest BCUT2D eigenvalue weighted by Gasteiger charge is 2.21. The Hall–Kier alpha value is -2.22. The Kier molecular flexibility index (Phi) is 5.87. The largest absolute Gasteiger partial charge is 0.465 e. The van der Waals surface area contributed by atoms with Crippen molar-refractivity contribution >= 4 is 23.9 Å². The molecule has 1 fully saturated rings. The molecule has 120 valence electrons. The van der Waals surface area contributed by atoms with Gasteiger partial charge in [0.1, 0.15) is 0 Å². The van der Waals surface area contributed by atoms with Crippen LogP contribution < -0.4 is 4.90 Å². The molecule has 0 spiro atoms. The summed E-state index contributed by atoms with van der Waals surface area (Å²) in [7, 11) is 1.40. The molecule has 5 heteroatoms. The van der Waals surface area contributed by atoms with E-state index in [0.29, 0.717) is 5.57 Å². The van der Waals surface area contributed by atoms with Gasteiger partial charge in [0.15, 0.2) is 0 Å². The van der Waals surface area contributed by atoms with Gasteiger partial charge in [-0.25, -0.2) is 10.1 Å². The molecule has 0 atom stereocenters. The number of methoxy groups -OCH3 is 1. The van der Waals surface area contributed by atoms with Crippen LogP contribution in [-0.2, 0) is 9.53 Å². The van der Waals surface area contributed by atoms with E-state index in [-0.39, 0.29) is 12.7 Å². The van der Waals surface area contributed by atoms with Crippen LogP contribution >= 0.6 is 0 Å². The number of carbonyl (C=O) groups excluding carboxylic acids is 1. The molecule has 0 aliphatic carbocycles. The van der Waals surface area contributed by atoms with Gasteiger partial charge in [-0.05, 0) is 49.8 Å². The van der Waals surface area contributed by atoms with Crippen LogP contribution in [0.5, 0.6) is 0 Å². The molecule has 0 N–H and O–H groups in total. The Labute approximate surface area is 138 Å². The SMILES string of the molecule is C/C=C(/C(=O)OC)c1ccc(N2CCCB(C#N)CC2)cc1C. The van der Waals surface area contributed by atoms with Crippen LogP contribution in [0, 0.1) is 18.2 Å². The van der Waals surface area contributed by atoms with E-state index in [1.807, 2.05) is 19.9 Å². The van der Waals surface area contributed by atoms with Gasteiger partial charge < -0.3 is 9.64 Å². The fraction of sp³-hybridized carbons (Fsp3) is 0.444. The molecule has 1 aliphatic heterocycles. The lowest BCUT2D eigenvalue weighted by Crippen LogP contribution is -2.24. The van der Waals surface area contributed by atoms with E-state index in [1.165, 1.54) is 7.11 Å². The van der Waals surface area contributed by atoms with E-state index >= 15 is 0 Å². The zero-order valence-corrected chi connectivity index (χ0v) is 14.1. The molecule has 0 bridgehead atoms. The van der Waals surface area contributed by atoms with Crippen molar-refractivity contribution in [2.45, 2.75) is 32.9 Å². The summed E-state index contributed by atoms with van der Waals surface area (Å²) in [6.45, 7) is 5.92. The third-order valence-corrected chi connectivity index (χ3v) is 4.47. The molecule has 1 aromatic rings. The predicted octanol–water partition coefficient (Wildman–Crippen LogP) is 3.34. The highest BCUT2D eigenvalue weighted by Crippen LogP contribution is 2.27. The molecule has 1 saturated heterocycles. The van der Waals surface area contributed by atoms with Crippen LogP contribution in [0.4, 0.5) is 5.69 Å².